The van der Waals surface area contributed by atoms with Gasteiger partial charge in [-0.1, -0.05) is 0 Å². The molecule has 18 heavy (non-hydrogen) atoms. The van der Waals surface area contributed by atoms with Crippen molar-refractivity contribution in [3.8, 4) is 0 Å². The SMILES string of the molecule is N=C(N)C1CN(c2nccn3nccc23)CCO1. The molecule has 2 aromatic heterocycles. The van der Waals surface area contributed by atoms with E-state index < -0.39 is 0 Å². The van der Waals surface area contributed by atoms with Gasteiger partial charge in [0.25, 0.3) is 0 Å². The number of anilines is 1. The van der Waals surface area contributed by atoms with Gasteiger partial charge < -0.3 is 15.4 Å². The Kier molecular flexibility index (Phi) is 2.60. The average molecular weight is 246 g/mol. The highest BCUT2D eigenvalue weighted by molar-refractivity contribution is 5.83. The van der Waals surface area contributed by atoms with Crippen LogP contribution in [0.25, 0.3) is 5.52 Å². The third-order valence-corrected chi connectivity index (χ3v) is 3.02. The third kappa shape index (κ3) is 1.78. The Labute approximate surface area is 104 Å². The quantitative estimate of drug-likeness (QED) is 0.569. The van der Waals surface area contributed by atoms with Gasteiger partial charge in [-0.3, -0.25) is 5.41 Å². The first-order valence-electron chi connectivity index (χ1n) is 5.74. The molecule has 0 amide bonds. The normalized spacial score (nSPS) is 20.2. The van der Waals surface area contributed by atoms with Crippen LogP contribution < -0.4 is 10.6 Å². The maximum absolute atomic E-state index is 7.46. The summed E-state index contributed by atoms with van der Waals surface area (Å²) in [5, 5.41) is 11.6. The summed E-state index contributed by atoms with van der Waals surface area (Å²) in [6.07, 6.45) is 4.90. The lowest BCUT2D eigenvalue weighted by atomic mass is 10.2. The molecular formula is C11H14N6O. The summed E-state index contributed by atoms with van der Waals surface area (Å²) in [7, 11) is 0. The minimum Gasteiger partial charge on any atom is -0.385 e. The minimum atomic E-state index is -0.358. The van der Waals surface area contributed by atoms with Crippen molar-refractivity contribution in [2.75, 3.05) is 24.6 Å². The summed E-state index contributed by atoms with van der Waals surface area (Å²) in [5.41, 5.74) is 6.44. The summed E-state index contributed by atoms with van der Waals surface area (Å²) in [6, 6.07) is 1.92. The van der Waals surface area contributed by atoms with Crippen molar-refractivity contribution in [2.45, 2.75) is 6.10 Å². The number of aromatic nitrogens is 3. The maximum Gasteiger partial charge on any atom is 0.154 e. The number of morpholine rings is 1. The summed E-state index contributed by atoms with van der Waals surface area (Å²) in [4.78, 5) is 6.47. The molecule has 0 saturated carbocycles. The smallest absolute Gasteiger partial charge is 0.154 e. The topological polar surface area (TPSA) is 92.5 Å². The van der Waals surface area contributed by atoms with E-state index in [4.69, 9.17) is 15.9 Å². The zero-order chi connectivity index (χ0) is 12.5. The van der Waals surface area contributed by atoms with Crippen LogP contribution in [0, 0.1) is 5.41 Å². The largest absolute Gasteiger partial charge is 0.385 e. The summed E-state index contributed by atoms with van der Waals surface area (Å²) < 4.78 is 7.22. The average Bonchev–Trinajstić information content (AvgIpc) is 2.87. The molecule has 0 bridgehead atoms. The lowest BCUT2D eigenvalue weighted by Gasteiger charge is -2.33. The van der Waals surface area contributed by atoms with Crippen LogP contribution in [0.5, 0.6) is 0 Å². The van der Waals surface area contributed by atoms with Gasteiger partial charge in [0.05, 0.1) is 19.3 Å². The first-order valence-corrected chi connectivity index (χ1v) is 5.74. The Balaban J connectivity index is 1.94. The standard InChI is InChI=1S/C11H14N6O/c12-10(13)9-7-16(5-6-18-9)11-8-1-2-15-17(8)4-3-14-11/h1-4,9H,5-7H2,(H3,12,13). The molecule has 1 saturated heterocycles. The van der Waals surface area contributed by atoms with Gasteiger partial charge in [0.15, 0.2) is 5.82 Å². The van der Waals surface area contributed by atoms with Gasteiger partial charge >= 0.3 is 0 Å². The van der Waals surface area contributed by atoms with Crippen LogP contribution in [0.1, 0.15) is 0 Å². The van der Waals surface area contributed by atoms with Gasteiger partial charge in [-0.15, -0.1) is 0 Å². The van der Waals surface area contributed by atoms with Crippen molar-refractivity contribution < 1.29 is 4.74 Å². The second-order valence-electron chi connectivity index (χ2n) is 4.17. The van der Waals surface area contributed by atoms with E-state index in [-0.39, 0.29) is 11.9 Å². The molecule has 94 valence electrons. The molecule has 1 fully saturated rings. The molecule has 0 aliphatic carbocycles. The number of nitrogens with two attached hydrogens (primary N) is 1. The fourth-order valence-electron chi connectivity index (χ4n) is 2.12. The molecule has 0 spiro atoms. The van der Waals surface area contributed by atoms with E-state index in [0.29, 0.717) is 13.2 Å². The monoisotopic (exact) mass is 246 g/mol. The molecule has 2 aromatic rings. The summed E-state index contributed by atoms with van der Waals surface area (Å²) >= 11 is 0. The van der Waals surface area contributed by atoms with Crippen LogP contribution in [0.2, 0.25) is 0 Å². The number of rotatable bonds is 2. The predicted molar refractivity (Wildman–Crippen MR) is 66.9 cm³/mol. The highest BCUT2D eigenvalue weighted by Crippen LogP contribution is 2.20. The Morgan fingerprint density at radius 3 is 3.22 bits per heavy atom. The molecule has 1 aliphatic rings. The van der Waals surface area contributed by atoms with Gasteiger partial charge in [-0.05, 0) is 6.07 Å². The van der Waals surface area contributed by atoms with E-state index in [1.165, 1.54) is 0 Å². The highest BCUT2D eigenvalue weighted by Gasteiger charge is 2.24. The zero-order valence-electron chi connectivity index (χ0n) is 9.78. The number of fused-ring (bicyclic) bond motifs is 1. The van der Waals surface area contributed by atoms with Gasteiger partial charge in [0, 0.05) is 18.9 Å². The van der Waals surface area contributed by atoms with Crippen LogP contribution >= 0.6 is 0 Å². The number of hydrogen-bond donors (Lipinski definition) is 2. The molecule has 1 unspecified atom stereocenters. The molecule has 3 rings (SSSR count). The van der Waals surface area contributed by atoms with Crippen molar-refractivity contribution in [3.05, 3.63) is 24.7 Å². The number of amidine groups is 1. The van der Waals surface area contributed by atoms with Gasteiger partial charge in [0.2, 0.25) is 0 Å². The van der Waals surface area contributed by atoms with Gasteiger partial charge in [0.1, 0.15) is 17.5 Å². The lowest BCUT2D eigenvalue weighted by molar-refractivity contribution is 0.0824. The first kappa shape index (κ1) is 11.0. The molecule has 0 radical (unpaired) electrons. The van der Waals surface area contributed by atoms with Crippen molar-refractivity contribution >= 4 is 17.2 Å². The summed E-state index contributed by atoms with van der Waals surface area (Å²) in [6.45, 7) is 1.83. The second kappa shape index (κ2) is 4.26. The lowest BCUT2D eigenvalue weighted by Crippen LogP contribution is -2.48. The van der Waals surface area contributed by atoms with Gasteiger partial charge in [-0.2, -0.15) is 5.10 Å². The van der Waals surface area contributed by atoms with E-state index >= 15 is 0 Å². The molecule has 3 heterocycles. The Hall–Kier alpha value is -2.15. The Bertz CT molecular complexity index is 580. The number of ether oxygens (including phenoxy) is 1. The van der Waals surface area contributed by atoms with Crippen LogP contribution in [-0.4, -0.2) is 46.2 Å². The third-order valence-electron chi connectivity index (χ3n) is 3.02. The maximum atomic E-state index is 7.46. The van der Waals surface area contributed by atoms with E-state index in [2.05, 4.69) is 15.0 Å². The number of hydrogen-bond acceptors (Lipinski definition) is 5. The minimum absolute atomic E-state index is 0.0557. The fourth-order valence-corrected chi connectivity index (χ4v) is 2.12. The zero-order valence-corrected chi connectivity index (χ0v) is 9.78. The van der Waals surface area contributed by atoms with Crippen molar-refractivity contribution in [3.63, 3.8) is 0 Å². The Morgan fingerprint density at radius 1 is 1.50 bits per heavy atom. The van der Waals surface area contributed by atoms with E-state index in [0.717, 1.165) is 17.9 Å². The number of nitrogens with one attached hydrogen (secondary N) is 1. The Morgan fingerprint density at radius 2 is 2.39 bits per heavy atom. The fraction of sp³-hybridized carbons (Fsp3) is 0.364. The van der Waals surface area contributed by atoms with Crippen LogP contribution in [-0.2, 0) is 4.74 Å². The van der Waals surface area contributed by atoms with E-state index in [1.807, 2.05) is 12.3 Å². The van der Waals surface area contributed by atoms with Crippen molar-refractivity contribution in [1.82, 2.24) is 14.6 Å². The molecular weight excluding hydrogens is 232 g/mol. The van der Waals surface area contributed by atoms with Crippen LogP contribution in [0.15, 0.2) is 24.7 Å². The van der Waals surface area contributed by atoms with Crippen LogP contribution in [0.3, 0.4) is 0 Å². The van der Waals surface area contributed by atoms with Crippen molar-refractivity contribution in [2.24, 2.45) is 5.73 Å². The number of nitrogens with zero attached hydrogens (tertiary/aromatic N) is 4. The molecule has 1 aliphatic heterocycles. The van der Waals surface area contributed by atoms with Crippen molar-refractivity contribution in [1.29, 1.82) is 5.41 Å². The molecule has 7 nitrogen and oxygen atoms in total. The van der Waals surface area contributed by atoms with E-state index in [9.17, 15) is 0 Å². The second-order valence-corrected chi connectivity index (χ2v) is 4.17. The van der Waals surface area contributed by atoms with E-state index in [1.54, 1.807) is 16.9 Å². The first-order chi connectivity index (χ1) is 8.75. The van der Waals surface area contributed by atoms with Crippen LogP contribution in [0.4, 0.5) is 5.82 Å². The molecule has 1 atom stereocenters. The summed E-state index contributed by atoms with van der Waals surface area (Å²) in [5.74, 6) is 0.907. The predicted octanol–water partition coefficient (Wildman–Crippen LogP) is -0.130. The molecule has 0 aromatic carbocycles. The van der Waals surface area contributed by atoms with Gasteiger partial charge in [-0.25, -0.2) is 9.50 Å². The molecule has 3 N–H and O–H groups in total. The molecule has 7 heteroatoms. The highest BCUT2D eigenvalue weighted by atomic mass is 16.5.